The molecule has 4 heteroatoms. The lowest BCUT2D eigenvalue weighted by Gasteiger charge is -2.39. The maximum atomic E-state index is 11.9. The van der Waals surface area contributed by atoms with Crippen molar-refractivity contribution >= 4 is 9.84 Å². The van der Waals surface area contributed by atoms with Crippen LogP contribution in [-0.2, 0) is 9.84 Å². The zero-order valence-corrected chi connectivity index (χ0v) is 9.52. The summed E-state index contributed by atoms with van der Waals surface area (Å²) < 4.78 is 23.9. The summed E-state index contributed by atoms with van der Waals surface area (Å²) in [5, 5.41) is 3.40. The number of hydrogen-bond donors (Lipinski definition) is 1. The molecule has 0 radical (unpaired) electrons. The van der Waals surface area contributed by atoms with E-state index in [1.807, 2.05) is 0 Å². The second kappa shape index (κ2) is 3.81. The molecule has 3 atom stereocenters. The highest BCUT2D eigenvalue weighted by atomic mass is 32.2. The van der Waals surface area contributed by atoms with E-state index in [1.165, 1.54) is 6.42 Å². The van der Waals surface area contributed by atoms with Gasteiger partial charge in [0, 0.05) is 12.1 Å². The smallest absolute Gasteiger partial charge is 0.156 e. The van der Waals surface area contributed by atoms with Crippen LogP contribution in [0, 0.1) is 0 Å². The van der Waals surface area contributed by atoms with Crippen LogP contribution in [0.15, 0.2) is 0 Å². The lowest BCUT2D eigenvalue weighted by Crippen LogP contribution is -2.58. The van der Waals surface area contributed by atoms with Gasteiger partial charge >= 0.3 is 0 Å². The van der Waals surface area contributed by atoms with Crippen LogP contribution in [-0.4, -0.2) is 31.5 Å². The molecule has 2 fully saturated rings. The molecule has 0 aromatic heterocycles. The minimum atomic E-state index is -2.81. The van der Waals surface area contributed by atoms with Crippen LogP contribution < -0.4 is 5.32 Å². The topological polar surface area (TPSA) is 46.2 Å². The Labute approximate surface area is 86.2 Å². The fraction of sp³-hybridized carbons (Fsp3) is 1.00. The summed E-state index contributed by atoms with van der Waals surface area (Å²) in [7, 11) is -2.81. The average molecular weight is 217 g/mol. The molecule has 1 heterocycles. The zero-order valence-electron chi connectivity index (χ0n) is 8.70. The van der Waals surface area contributed by atoms with E-state index in [2.05, 4.69) is 12.2 Å². The van der Waals surface area contributed by atoms with E-state index in [9.17, 15) is 8.42 Å². The second-order valence-electron chi connectivity index (χ2n) is 4.53. The van der Waals surface area contributed by atoms with Gasteiger partial charge in [-0.15, -0.1) is 0 Å². The lowest BCUT2D eigenvalue weighted by atomic mass is 9.94. The van der Waals surface area contributed by atoms with Crippen molar-refractivity contribution in [2.75, 3.05) is 5.75 Å². The van der Waals surface area contributed by atoms with E-state index in [0.29, 0.717) is 5.75 Å². The number of fused-ring (bicyclic) bond motifs is 1. The molecule has 0 aromatic rings. The van der Waals surface area contributed by atoms with Crippen LogP contribution in [0.5, 0.6) is 0 Å². The Morgan fingerprint density at radius 1 is 1.29 bits per heavy atom. The van der Waals surface area contributed by atoms with Crippen LogP contribution in [0.2, 0.25) is 0 Å². The molecule has 0 spiro atoms. The molecule has 2 rings (SSSR count). The third kappa shape index (κ3) is 1.82. The maximum Gasteiger partial charge on any atom is 0.156 e. The van der Waals surface area contributed by atoms with E-state index in [1.54, 1.807) is 0 Å². The number of sulfone groups is 1. The molecule has 82 valence electrons. The molecule has 3 unspecified atom stereocenters. The molecule has 1 aliphatic heterocycles. The molecule has 0 aromatic carbocycles. The van der Waals surface area contributed by atoms with Crippen molar-refractivity contribution in [1.29, 1.82) is 0 Å². The van der Waals surface area contributed by atoms with Gasteiger partial charge in [0.25, 0.3) is 0 Å². The van der Waals surface area contributed by atoms with Crippen LogP contribution in [0.1, 0.15) is 39.0 Å². The van der Waals surface area contributed by atoms with Crippen molar-refractivity contribution in [3.8, 4) is 0 Å². The van der Waals surface area contributed by atoms with Gasteiger partial charge in [-0.05, 0) is 19.3 Å². The van der Waals surface area contributed by atoms with E-state index in [-0.39, 0.29) is 17.3 Å². The lowest BCUT2D eigenvalue weighted by molar-refractivity contribution is 0.321. The minimum Gasteiger partial charge on any atom is -0.309 e. The van der Waals surface area contributed by atoms with Crippen LogP contribution >= 0.6 is 0 Å². The van der Waals surface area contributed by atoms with Gasteiger partial charge in [-0.25, -0.2) is 8.42 Å². The first-order chi connectivity index (χ1) is 6.63. The first-order valence-electron chi connectivity index (χ1n) is 5.61. The first-order valence-corrected chi connectivity index (χ1v) is 7.32. The highest BCUT2D eigenvalue weighted by molar-refractivity contribution is 7.92. The summed E-state index contributed by atoms with van der Waals surface area (Å²) >= 11 is 0. The molecule has 3 nitrogen and oxygen atoms in total. The number of rotatable bonds is 1. The quantitative estimate of drug-likeness (QED) is 0.715. The predicted octanol–water partition coefficient (Wildman–Crippen LogP) is 1.09. The SMILES string of the molecule is CCC1CS(=O)(=O)C2CCCCC2N1. The van der Waals surface area contributed by atoms with Gasteiger partial charge in [0.15, 0.2) is 9.84 Å². The Morgan fingerprint density at radius 3 is 2.71 bits per heavy atom. The Balaban J connectivity index is 2.18. The highest BCUT2D eigenvalue weighted by Gasteiger charge is 2.41. The molecule has 0 bridgehead atoms. The van der Waals surface area contributed by atoms with Gasteiger partial charge in [0.1, 0.15) is 0 Å². The standard InChI is InChI=1S/C10H19NO2S/c1-2-8-7-14(12,13)10-6-4-3-5-9(10)11-8/h8-11H,2-7H2,1H3. The van der Waals surface area contributed by atoms with Gasteiger partial charge in [0.2, 0.25) is 0 Å². The van der Waals surface area contributed by atoms with Crippen molar-refractivity contribution in [2.24, 2.45) is 0 Å². The normalized spacial score (nSPS) is 41.6. The summed E-state index contributed by atoms with van der Waals surface area (Å²) in [6.45, 7) is 2.05. The highest BCUT2D eigenvalue weighted by Crippen LogP contribution is 2.29. The van der Waals surface area contributed by atoms with Gasteiger partial charge in [-0.3, -0.25) is 0 Å². The van der Waals surface area contributed by atoms with E-state index < -0.39 is 9.84 Å². The Kier molecular flexibility index (Phi) is 2.84. The van der Waals surface area contributed by atoms with Crippen molar-refractivity contribution in [3.05, 3.63) is 0 Å². The number of hydrogen-bond acceptors (Lipinski definition) is 3. The Hall–Kier alpha value is -0.0900. The molecule has 0 amide bonds. The third-order valence-corrected chi connectivity index (χ3v) is 5.89. The largest absolute Gasteiger partial charge is 0.309 e. The van der Waals surface area contributed by atoms with E-state index >= 15 is 0 Å². The van der Waals surface area contributed by atoms with Crippen LogP contribution in [0.4, 0.5) is 0 Å². The average Bonchev–Trinajstić information content (AvgIpc) is 2.17. The van der Waals surface area contributed by atoms with Crippen molar-refractivity contribution in [1.82, 2.24) is 5.32 Å². The molecule has 1 saturated carbocycles. The number of nitrogens with one attached hydrogen (secondary N) is 1. The molecule has 14 heavy (non-hydrogen) atoms. The molecule has 2 aliphatic rings. The summed E-state index contributed by atoms with van der Waals surface area (Å²) in [6, 6.07) is 0.437. The summed E-state index contributed by atoms with van der Waals surface area (Å²) in [5.41, 5.74) is 0. The monoisotopic (exact) mass is 217 g/mol. The van der Waals surface area contributed by atoms with Crippen LogP contribution in [0.3, 0.4) is 0 Å². The summed E-state index contributed by atoms with van der Waals surface area (Å²) in [5.74, 6) is 0.352. The van der Waals surface area contributed by atoms with Gasteiger partial charge in [-0.1, -0.05) is 19.8 Å². The van der Waals surface area contributed by atoms with Crippen molar-refractivity contribution in [3.63, 3.8) is 0 Å². The second-order valence-corrected chi connectivity index (χ2v) is 6.80. The Bertz CT molecular complexity index is 299. The molecule has 1 N–H and O–H groups in total. The zero-order chi connectivity index (χ0) is 10.2. The summed E-state index contributed by atoms with van der Waals surface area (Å²) in [6.07, 6.45) is 5.10. The van der Waals surface area contributed by atoms with Crippen LogP contribution in [0.25, 0.3) is 0 Å². The summed E-state index contributed by atoms with van der Waals surface area (Å²) in [4.78, 5) is 0. The molecular formula is C10H19NO2S. The van der Waals surface area contributed by atoms with Crippen molar-refractivity contribution in [2.45, 2.75) is 56.4 Å². The van der Waals surface area contributed by atoms with Gasteiger partial charge in [-0.2, -0.15) is 0 Å². The van der Waals surface area contributed by atoms with Gasteiger partial charge < -0.3 is 5.32 Å². The van der Waals surface area contributed by atoms with Gasteiger partial charge in [0.05, 0.1) is 11.0 Å². The minimum absolute atomic E-state index is 0.0842. The van der Waals surface area contributed by atoms with Crippen molar-refractivity contribution < 1.29 is 8.42 Å². The maximum absolute atomic E-state index is 11.9. The predicted molar refractivity (Wildman–Crippen MR) is 57.0 cm³/mol. The fourth-order valence-corrected chi connectivity index (χ4v) is 5.09. The molecular weight excluding hydrogens is 198 g/mol. The Morgan fingerprint density at radius 2 is 2.00 bits per heavy atom. The van der Waals surface area contributed by atoms with E-state index in [4.69, 9.17) is 0 Å². The fourth-order valence-electron chi connectivity index (χ4n) is 2.71. The van der Waals surface area contributed by atoms with E-state index in [0.717, 1.165) is 25.7 Å². The molecule has 1 aliphatic carbocycles. The molecule has 1 saturated heterocycles. The third-order valence-electron chi connectivity index (χ3n) is 3.54. The first kappa shape index (κ1) is 10.4.